The van der Waals surface area contributed by atoms with E-state index < -0.39 is 40.7 Å². The van der Waals surface area contributed by atoms with E-state index in [2.05, 4.69) is 10.3 Å². The van der Waals surface area contributed by atoms with Crippen molar-refractivity contribution in [3.63, 3.8) is 0 Å². The van der Waals surface area contributed by atoms with Crippen LogP contribution in [0.3, 0.4) is 0 Å². The maximum absolute atomic E-state index is 13.9. The molecule has 0 bridgehead atoms. The van der Waals surface area contributed by atoms with Gasteiger partial charge in [-0.25, -0.2) is 9.79 Å². The van der Waals surface area contributed by atoms with Crippen LogP contribution in [0.25, 0.3) is 0 Å². The van der Waals surface area contributed by atoms with Gasteiger partial charge in [0, 0.05) is 48.6 Å². The second-order valence-electron chi connectivity index (χ2n) is 11.7. The highest BCUT2D eigenvalue weighted by atomic mass is 19.4. The Labute approximate surface area is 258 Å². The van der Waals surface area contributed by atoms with Crippen LogP contribution in [-0.2, 0) is 16.1 Å². The van der Waals surface area contributed by atoms with Crippen LogP contribution in [0.2, 0.25) is 0 Å². The summed E-state index contributed by atoms with van der Waals surface area (Å²) in [6.45, 7) is 7.41. The number of rotatable bonds is 11. The van der Waals surface area contributed by atoms with Gasteiger partial charge in [0.25, 0.3) is 5.69 Å². The number of nitrogens with one attached hydrogen (secondary N) is 1. The SMILES string of the molecule is Cc1ccc([C@@H](O)CN(CCOc2ccc3c(c2)NC(C(=O)OC(C)(C)C)N=C3C(F)(F)F)Cc2ccccc2)cc1[N+](=O)[O-]. The monoisotopic (exact) mass is 628 g/mol. The molecule has 240 valence electrons. The molecule has 2 atom stereocenters. The molecular formula is C32H35F3N4O6. The zero-order valence-electron chi connectivity index (χ0n) is 25.3. The lowest BCUT2D eigenvalue weighted by atomic mass is 10.0. The van der Waals surface area contributed by atoms with Crippen LogP contribution in [0.5, 0.6) is 5.75 Å². The Balaban J connectivity index is 1.49. The fraction of sp³-hybridized carbons (Fsp3) is 0.375. The first kappa shape index (κ1) is 33.4. The third kappa shape index (κ3) is 9.02. The highest BCUT2D eigenvalue weighted by molar-refractivity contribution is 6.11. The highest BCUT2D eigenvalue weighted by Crippen LogP contribution is 2.34. The Hall–Kier alpha value is -4.49. The van der Waals surface area contributed by atoms with Gasteiger partial charge in [0.1, 0.15) is 18.0 Å². The van der Waals surface area contributed by atoms with Gasteiger partial charge in [-0.05, 0) is 51.0 Å². The van der Waals surface area contributed by atoms with Crippen molar-refractivity contribution in [2.45, 2.75) is 58.3 Å². The Morgan fingerprint density at radius 1 is 1.11 bits per heavy atom. The number of carbonyl (C=O) groups excluding carboxylic acids is 1. The largest absolute Gasteiger partial charge is 0.492 e. The molecular weight excluding hydrogens is 593 g/mol. The summed E-state index contributed by atoms with van der Waals surface area (Å²) in [6, 6.07) is 18.1. The molecule has 0 radical (unpaired) electrons. The number of aryl methyl sites for hydroxylation is 1. The van der Waals surface area contributed by atoms with Gasteiger partial charge < -0.3 is 19.9 Å². The molecule has 1 unspecified atom stereocenters. The van der Waals surface area contributed by atoms with E-state index in [1.54, 1.807) is 39.8 Å². The minimum absolute atomic E-state index is 0.0169. The molecule has 45 heavy (non-hydrogen) atoms. The molecule has 0 aromatic heterocycles. The standard InChI is InChI=1S/C32H35F3N4O6/c1-20-10-11-22(16-26(20)39(42)43)27(40)19-38(18-21-8-6-5-7-9-21)14-15-44-23-12-13-24-25(17-23)36-29(30(41)45-31(2,3)4)37-28(24)32(33,34)35/h5-13,16-17,27,29,36,40H,14-15,18-19H2,1-4H3/t27-,29?/m0/s1. The highest BCUT2D eigenvalue weighted by Gasteiger charge is 2.42. The lowest BCUT2D eigenvalue weighted by Crippen LogP contribution is -2.41. The van der Waals surface area contributed by atoms with Crippen molar-refractivity contribution >= 4 is 23.1 Å². The fourth-order valence-electron chi connectivity index (χ4n) is 4.76. The van der Waals surface area contributed by atoms with Crippen molar-refractivity contribution < 1.29 is 37.5 Å². The molecule has 13 heteroatoms. The second kappa shape index (κ2) is 13.7. The number of nitro groups is 1. The minimum Gasteiger partial charge on any atom is -0.492 e. The summed E-state index contributed by atoms with van der Waals surface area (Å²) < 4.78 is 52.8. The van der Waals surface area contributed by atoms with Gasteiger partial charge in [0.15, 0.2) is 5.71 Å². The van der Waals surface area contributed by atoms with Gasteiger partial charge >= 0.3 is 12.1 Å². The maximum Gasteiger partial charge on any atom is 0.433 e. The second-order valence-corrected chi connectivity index (χ2v) is 11.7. The summed E-state index contributed by atoms with van der Waals surface area (Å²) >= 11 is 0. The average molecular weight is 629 g/mol. The van der Waals surface area contributed by atoms with Crippen molar-refractivity contribution in [3.05, 3.63) is 99.1 Å². The number of esters is 1. The van der Waals surface area contributed by atoms with Crippen molar-refractivity contribution in [1.82, 2.24) is 4.90 Å². The summed E-state index contributed by atoms with van der Waals surface area (Å²) in [4.78, 5) is 29.0. The lowest BCUT2D eigenvalue weighted by Gasteiger charge is -2.28. The van der Waals surface area contributed by atoms with E-state index in [1.165, 1.54) is 24.3 Å². The molecule has 0 spiro atoms. The zero-order valence-corrected chi connectivity index (χ0v) is 25.3. The average Bonchev–Trinajstić information content (AvgIpc) is 2.95. The van der Waals surface area contributed by atoms with Crippen LogP contribution >= 0.6 is 0 Å². The van der Waals surface area contributed by atoms with Crippen molar-refractivity contribution in [2.24, 2.45) is 4.99 Å². The Bertz CT molecular complexity index is 1560. The first-order chi connectivity index (χ1) is 21.1. The molecule has 0 amide bonds. The quantitative estimate of drug-likeness (QED) is 0.151. The molecule has 0 saturated heterocycles. The normalized spacial score (nSPS) is 15.5. The first-order valence-corrected chi connectivity index (χ1v) is 14.2. The Morgan fingerprint density at radius 2 is 1.82 bits per heavy atom. The molecule has 2 N–H and O–H groups in total. The third-order valence-corrected chi connectivity index (χ3v) is 6.87. The number of halogens is 3. The number of aliphatic hydroxyl groups is 1. The molecule has 1 heterocycles. The topological polar surface area (TPSA) is 127 Å². The number of benzene rings is 3. The van der Waals surface area contributed by atoms with E-state index in [-0.39, 0.29) is 35.8 Å². The maximum atomic E-state index is 13.9. The van der Waals surface area contributed by atoms with E-state index in [0.717, 1.165) is 5.56 Å². The number of fused-ring (bicyclic) bond motifs is 1. The zero-order chi connectivity index (χ0) is 32.9. The Morgan fingerprint density at radius 3 is 2.47 bits per heavy atom. The number of aliphatic imine (C=N–C) groups is 1. The molecule has 3 aromatic rings. The molecule has 10 nitrogen and oxygen atoms in total. The van der Waals surface area contributed by atoms with Crippen LogP contribution in [0.1, 0.15) is 49.1 Å². The van der Waals surface area contributed by atoms with Crippen LogP contribution in [0.4, 0.5) is 24.5 Å². The number of hydrogen-bond acceptors (Lipinski definition) is 9. The lowest BCUT2D eigenvalue weighted by molar-refractivity contribution is -0.385. The first-order valence-electron chi connectivity index (χ1n) is 14.2. The van der Waals surface area contributed by atoms with E-state index in [0.29, 0.717) is 24.2 Å². The van der Waals surface area contributed by atoms with Gasteiger partial charge in [0.2, 0.25) is 6.17 Å². The minimum atomic E-state index is -4.81. The summed E-state index contributed by atoms with van der Waals surface area (Å²) in [5, 5.41) is 25.1. The predicted molar refractivity (Wildman–Crippen MR) is 162 cm³/mol. The van der Waals surface area contributed by atoms with Gasteiger partial charge in [0.05, 0.1) is 11.0 Å². The molecule has 4 rings (SSSR count). The fourth-order valence-corrected chi connectivity index (χ4v) is 4.76. The van der Waals surface area contributed by atoms with Crippen LogP contribution in [0, 0.1) is 17.0 Å². The van der Waals surface area contributed by atoms with Crippen LogP contribution < -0.4 is 10.1 Å². The van der Waals surface area contributed by atoms with E-state index in [1.807, 2.05) is 35.2 Å². The summed E-state index contributed by atoms with van der Waals surface area (Å²) in [7, 11) is 0. The summed E-state index contributed by atoms with van der Waals surface area (Å²) in [5.41, 5.74) is -0.574. The van der Waals surface area contributed by atoms with Crippen molar-refractivity contribution in [1.29, 1.82) is 0 Å². The summed E-state index contributed by atoms with van der Waals surface area (Å²) in [5.74, 6) is -0.697. The van der Waals surface area contributed by atoms with Crippen molar-refractivity contribution in [3.8, 4) is 5.75 Å². The van der Waals surface area contributed by atoms with E-state index >= 15 is 0 Å². The van der Waals surface area contributed by atoms with Crippen molar-refractivity contribution in [2.75, 3.05) is 25.0 Å². The number of carbonyl (C=O) groups is 1. The number of aliphatic hydroxyl groups excluding tert-OH is 1. The number of nitro benzene ring substituents is 1. The third-order valence-electron chi connectivity index (χ3n) is 6.87. The summed E-state index contributed by atoms with van der Waals surface area (Å²) in [6.07, 6.45) is -7.44. The number of nitrogens with zero attached hydrogens (tertiary/aromatic N) is 3. The van der Waals surface area contributed by atoms with Gasteiger partial charge in [-0.1, -0.05) is 42.5 Å². The van der Waals surface area contributed by atoms with E-state index in [9.17, 15) is 33.2 Å². The number of hydrogen-bond donors (Lipinski definition) is 2. The molecule has 3 aromatic carbocycles. The van der Waals surface area contributed by atoms with Crippen LogP contribution in [-0.4, -0.2) is 64.3 Å². The number of ether oxygens (including phenoxy) is 2. The predicted octanol–water partition coefficient (Wildman–Crippen LogP) is 5.96. The molecule has 0 fully saturated rings. The molecule has 1 aliphatic heterocycles. The number of anilines is 1. The molecule has 0 aliphatic carbocycles. The van der Waals surface area contributed by atoms with Gasteiger partial charge in [-0.3, -0.25) is 15.0 Å². The van der Waals surface area contributed by atoms with Gasteiger partial charge in [-0.2, -0.15) is 13.2 Å². The smallest absolute Gasteiger partial charge is 0.433 e. The molecule has 0 saturated carbocycles. The molecule has 1 aliphatic rings. The van der Waals surface area contributed by atoms with Gasteiger partial charge in [-0.15, -0.1) is 0 Å². The number of alkyl halides is 3. The Kier molecular flexibility index (Phi) is 10.1. The van der Waals surface area contributed by atoms with E-state index in [4.69, 9.17) is 9.47 Å². The van der Waals surface area contributed by atoms with Crippen LogP contribution in [0.15, 0.2) is 71.7 Å².